The lowest BCUT2D eigenvalue weighted by Crippen LogP contribution is -2.13. The van der Waals surface area contributed by atoms with Gasteiger partial charge in [0.25, 0.3) is 0 Å². The molecule has 0 atom stereocenters. The smallest absolute Gasteiger partial charge is 0.186 e. The van der Waals surface area contributed by atoms with Gasteiger partial charge in [-0.2, -0.15) is 5.10 Å². The summed E-state index contributed by atoms with van der Waals surface area (Å²) in [7, 11) is 0. The molecular formula is C24H19ClN2O. The van der Waals surface area contributed by atoms with Crippen molar-refractivity contribution in [2.75, 3.05) is 11.6 Å². The van der Waals surface area contributed by atoms with Crippen molar-refractivity contribution in [1.82, 2.24) is 0 Å². The van der Waals surface area contributed by atoms with Crippen LogP contribution in [0.15, 0.2) is 84.0 Å². The second-order valence-corrected chi connectivity index (χ2v) is 7.02. The molecule has 0 unspecified atom stereocenters. The Balaban J connectivity index is 1.54. The fourth-order valence-electron chi connectivity index (χ4n) is 3.24. The number of hydrogen-bond acceptors (Lipinski definition) is 3. The number of halogens is 1. The van der Waals surface area contributed by atoms with Gasteiger partial charge in [-0.15, -0.1) is 0 Å². The average Bonchev–Trinajstić information content (AvgIpc) is 3.15. The van der Waals surface area contributed by atoms with E-state index in [9.17, 15) is 4.79 Å². The van der Waals surface area contributed by atoms with Gasteiger partial charge in [-0.05, 0) is 41.8 Å². The van der Waals surface area contributed by atoms with Crippen LogP contribution in [-0.4, -0.2) is 18.5 Å². The maximum Gasteiger partial charge on any atom is 0.186 e. The summed E-state index contributed by atoms with van der Waals surface area (Å²) in [5.74, 6) is -0.0566. The summed E-state index contributed by atoms with van der Waals surface area (Å²) in [6.07, 6.45) is 6.13. The first-order chi connectivity index (χ1) is 13.7. The molecule has 0 spiro atoms. The molecule has 3 aromatic rings. The number of carbonyl (C=O) groups is 1. The van der Waals surface area contributed by atoms with Crippen LogP contribution < -0.4 is 5.01 Å². The van der Waals surface area contributed by atoms with Gasteiger partial charge in [-0.25, -0.2) is 0 Å². The predicted molar refractivity (Wildman–Crippen MR) is 116 cm³/mol. The van der Waals surface area contributed by atoms with Crippen molar-refractivity contribution in [3.63, 3.8) is 0 Å². The maximum atomic E-state index is 12.7. The van der Waals surface area contributed by atoms with Crippen molar-refractivity contribution in [3.8, 4) is 0 Å². The number of benzene rings is 3. The highest BCUT2D eigenvalue weighted by Crippen LogP contribution is 2.27. The lowest BCUT2D eigenvalue weighted by molar-refractivity contribution is 0.104. The van der Waals surface area contributed by atoms with Gasteiger partial charge in [0, 0.05) is 22.7 Å². The highest BCUT2D eigenvalue weighted by atomic mass is 35.5. The number of ketones is 1. The topological polar surface area (TPSA) is 32.7 Å². The quantitative estimate of drug-likeness (QED) is 0.323. The van der Waals surface area contributed by atoms with Crippen LogP contribution in [0, 0.1) is 0 Å². The number of para-hydroxylation sites is 1. The standard InChI is InChI=1S/C24H19ClN2O/c25-21-12-9-18(10-13-21)11-14-24(28)22-7-3-1-6-20(22)17-26-27-16-15-19-5-2-4-8-23(19)27/h1-14,17H,15-16H2/b14-11+,26-17+. The normalized spacial score (nSPS) is 13.4. The summed E-state index contributed by atoms with van der Waals surface area (Å²) >= 11 is 5.90. The summed E-state index contributed by atoms with van der Waals surface area (Å²) in [4.78, 5) is 12.7. The van der Waals surface area contributed by atoms with Crippen molar-refractivity contribution in [1.29, 1.82) is 0 Å². The summed E-state index contributed by atoms with van der Waals surface area (Å²) in [6.45, 7) is 0.850. The van der Waals surface area contributed by atoms with Crippen LogP contribution >= 0.6 is 11.6 Å². The Hall–Kier alpha value is -3.17. The molecule has 28 heavy (non-hydrogen) atoms. The average molecular weight is 387 g/mol. The molecule has 3 aromatic carbocycles. The van der Waals surface area contributed by atoms with Crippen molar-refractivity contribution in [2.45, 2.75) is 6.42 Å². The Morgan fingerprint density at radius 1 is 0.964 bits per heavy atom. The van der Waals surface area contributed by atoms with Gasteiger partial charge >= 0.3 is 0 Å². The van der Waals surface area contributed by atoms with Crippen LogP contribution in [0.25, 0.3) is 6.08 Å². The molecule has 1 heterocycles. The minimum Gasteiger partial charge on any atom is -0.289 e. The fourth-order valence-corrected chi connectivity index (χ4v) is 3.37. The van der Waals surface area contributed by atoms with Crippen LogP contribution in [0.5, 0.6) is 0 Å². The second kappa shape index (κ2) is 8.24. The highest BCUT2D eigenvalue weighted by molar-refractivity contribution is 6.30. The van der Waals surface area contributed by atoms with Crippen LogP contribution in [0.3, 0.4) is 0 Å². The third-order valence-corrected chi connectivity index (χ3v) is 4.97. The van der Waals surface area contributed by atoms with E-state index in [-0.39, 0.29) is 5.78 Å². The minimum absolute atomic E-state index is 0.0566. The first-order valence-corrected chi connectivity index (χ1v) is 9.55. The van der Waals surface area contributed by atoms with Crippen molar-refractivity contribution >= 4 is 35.4 Å². The number of rotatable bonds is 5. The fraction of sp³-hybridized carbons (Fsp3) is 0.0833. The summed E-state index contributed by atoms with van der Waals surface area (Å²) < 4.78 is 0. The molecule has 1 aliphatic heterocycles. The van der Waals surface area contributed by atoms with Crippen molar-refractivity contribution in [2.24, 2.45) is 5.10 Å². The minimum atomic E-state index is -0.0566. The molecule has 0 amide bonds. The van der Waals surface area contributed by atoms with E-state index in [1.54, 1.807) is 30.5 Å². The number of anilines is 1. The summed E-state index contributed by atoms with van der Waals surface area (Å²) in [5.41, 5.74) is 4.79. The second-order valence-electron chi connectivity index (χ2n) is 6.58. The van der Waals surface area contributed by atoms with E-state index in [2.05, 4.69) is 17.2 Å². The Bertz CT molecular complexity index is 1050. The zero-order chi connectivity index (χ0) is 19.3. The van der Waals surface area contributed by atoms with E-state index >= 15 is 0 Å². The SMILES string of the molecule is O=C(/C=C/c1ccc(Cl)cc1)c1ccccc1/C=N/N1CCc2ccccc21. The lowest BCUT2D eigenvalue weighted by Gasteiger charge is -2.12. The number of hydrogen-bond donors (Lipinski definition) is 0. The van der Waals surface area contributed by atoms with Gasteiger partial charge in [0.05, 0.1) is 11.9 Å². The van der Waals surface area contributed by atoms with E-state index in [1.807, 2.05) is 53.5 Å². The molecule has 138 valence electrons. The number of fused-ring (bicyclic) bond motifs is 1. The van der Waals surface area contributed by atoms with Gasteiger partial charge < -0.3 is 0 Å². The third-order valence-electron chi connectivity index (χ3n) is 4.72. The number of nitrogens with zero attached hydrogens (tertiary/aromatic N) is 2. The Kier molecular flexibility index (Phi) is 5.36. The maximum absolute atomic E-state index is 12.7. The van der Waals surface area contributed by atoms with Gasteiger partial charge in [0.2, 0.25) is 0 Å². The van der Waals surface area contributed by atoms with E-state index in [4.69, 9.17) is 11.6 Å². The third kappa shape index (κ3) is 4.05. The van der Waals surface area contributed by atoms with Gasteiger partial charge in [0.15, 0.2) is 5.78 Å². The molecular weight excluding hydrogens is 368 g/mol. The molecule has 0 saturated heterocycles. The van der Waals surface area contributed by atoms with E-state index in [1.165, 1.54) is 5.56 Å². The van der Waals surface area contributed by atoms with Gasteiger partial charge in [-0.1, -0.05) is 72.3 Å². The van der Waals surface area contributed by atoms with Gasteiger partial charge in [0.1, 0.15) is 0 Å². The molecule has 0 N–H and O–H groups in total. The molecule has 0 saturated carbocycles. The molecule has 0 radical (unpaired) electrons. The summed E-state index contributed by atoms with van der Waals surface area (Å²) in [6, 6.07) is 23.2. The van der Waals surface area contributed by atoms with E-state index in [0.717, 1.165) is 29.8 Å². The Labute approximate surface area is 169 Å². The molecule has 0 fully saturated rings. The number of allylic oxidation sites excluding steroid dienone is 1. The van der Waals surface area contributed by atoms with E-state index < -0.39 is 0 Å². The zero-order valence-electron chi connectivity index (χ0n) is 15.3. The molecule has 0 bridgehead atoms. The molecule has 1 aliphatic rings. The predicted octanol–water partition coefficient (Wildman–Crippen LogP) is 5.63. The monoisotopic (exact) mass is 386 g/mol. The molecule has 4 rings (SSSR count). The Morgan fingerprint density at radius 3 is 2.57 bits per heavy atom. The first-order valence-electron chi connectivity index (χ1n) is 9.17. The first kappa shape index (κ1) is 18.2. The molecule has 0 aliphatic carbocycles. The molecule has 3 nitrogen and oxygen atoms in total. The van der Waals surface area contributed by atoms with Crippen LogP contribution in [-0.2, 0) is 6.42 Å². The number of hydrazone groups is 1. The largest absolute Gasteiger partial charge is 0.289 e. The van der Waals surface area contributed by atoms with Crippen LogP contribution in [0.1, 0.15) is 27.0 Å². The van der Waals surface area contributed by atoms with E-state index in [0.29, 0.717) is 10.6 Å². The molecule has 0 aromatic heterocycles. The van der Waals surface area contributed by atoms with Crippen molar-refractivity contribution < 1.29 is 4.79 Å². The summed E-state index contributed by atoms with van der Waals surface area (Å²) in [5, 5.41) is 7.28. The van der Waals surface area contributed by atoms with Crippen LogP contribution in [0.4, 0.5) is 5.69 Å². The molecule has 4 heteroatoms. The van der Waals surface area contributed by atoms with Crippen molar-refractivity contribution in [3.05, 3.63) is 106 Å². The highest BCUT2D eigenvalue weighted by Gasteiger charge is 2.17. The number of carbonyl (C=O) groups excluding carboxylic acids is 1. The Morgan fingerprint density at radius 2 is 1.71 bits per heavy atom. The van der Waals surface area contributed by atoms with Gasteiger partial charge in [-0.3, -0.25) is 9.80 Å². The van der Waals surface area contributed by atoms with Crippen LogP contribution in [0.2, 0.25) is 5.02 Å². The lowest BCUT2D eigenvalue weighted by atomic mass is 10.0. The zero-order valence-corrected chi connectivity index (χ0v) is 16.0.